The number of piperazine rings is 1. The van der Waals surface area contributed by atoms with Crippen LogP contribution >= 0.6 is 11.6 Å². The molecule has 2 fully saturated rings. The van der Waals surface area contributed by atoms with Gasteiger partial charge in [-0.25, -0.2) is 9.18 Å². The number of benzene rings is 2. The number of nitrogens with zero attached hydrogens (tertiary/aromatic N) is 4. The van der Waals surface area contributed by atoms with E-state index < -0.39 is 27.2 Å². The lowest BCUT2D eigenvalue weighted by atomic mass is 10.1. The van der Waals surface area contributed by atoms with E-state index in [0.29, 0.717) is 23.6 Å². The number of hydrogen-bond donors (Lipinski definition) is 2. The van der Waals surface area contributed by atoms with Crippen LogP contribution in [0, 0.1) is 5.82 Å². The minimum Gasteiger partial charge on any atom is -0.477 e. The third kappa shape index (κ3) is 4.86. The molecule has 1 saturated carbocycles. The molecule has 0 spiro atoms. The van der Waals surface area contributed by atoms with Crippen molar-refractivity contribution in [1.82, 2.24) is 9.47 Å². The van der Waals surface area contributed by atoms with Crippen molar-refractivity contribution in [2.75, 3.05) is 31.1 Å². The van der Waals surface area contributed by atoms with Gasteiger partial charge in [0.1, 0.15) is 11.4 Å². The number of hydrogen-bond acceptors (Lipinski definition) is 5. The molecule has 3 N–H and O–H groups in total. The molecule has 2 aliphatic rings. The molecule has 37 heavy (non-hydrogen) atoms. The molecule has 1 saturated heterocycles. The number of carboxylic acid groups (broad SMARTS) is 1. The fourth-order valence-corrected chi connectivity index (χ4v) is 5.50. The van der Waals surface area contributed by atoms with Gasteiger partial charge >= 0.3 is 5.97 Å². The molecule has 1 aliphatic carbocycles. The lowest BCUT2D eigenvalue weighted by Crippen LogP contribution is -2.51. The second kappa shape index (κ2) is 9.34. The fourth-order valence-electron chi connectivity index (χ4n) is 4.42. The topological polar surface area (TPSA) is 138 Å². The monoisotopic (exact) mass is 547 g/mol. The average molecular weight is 548 g/mol. The molecule has 3 aromatic rings. The Kier molecular flexibility index (Phi) is 6.32. The van der Waals surface area contributed by atoms with Gasteiger partial charge in [-0.05, 0) is 49.2 Å². The quantitative estimate of drug-likeness (QED) is 0.367. The van der Waals surface area contributed by atoms with E-state index in [1.165, 1.54) is 30.5 Å². The van der Waals surface area contributed by atoms with Gasteiger partial charge in [-0.2, -0.15) is 8.42 Å². The summed E-state index contributed by atoms with van der Waals surface area (Å²) >= 11 is 5.82. The highest BCUT2D eigenvalue weighted by Crippen LogP contribution is 2.38. The summed E-state index contributed by atoms with van der Waals surface area (Å²) in [7, 11) is -4.03. The predicted octanol–water partition coefficient (Wildman–Crippen LogP) is 2.65. The van der Waals surface area contributed by atoms with Crippen molar-refractivity contribution in [3.05, 3.63) is 69.2 Å². The highest BCUT2D eigenvalue weighted by Gasteiger charge is 2.29. The van der Waals surface area contributed by atoms with E-state index in [4.69, 9.17) is 17.3 Å². The van der Waals surface area contributed by atoms with Crippen molar-refractivity contribution in [2.45, 2.75) is 23.8 Å². The zero-order chi connectivity index (χ0) is 26.5. The lowest BCUT2D eigenvalue weighted by molar-refractivity contribution is 0.0694. The van der Waals surface area contributed by atoms with Crippen LogP contribution in [0.1, 0.15) is 29.2 Å². The highest BCUT2D eigenvalue weighted by atomic mass is 35.5. The number of aromatic nitrogens is 1. The van der Waals surface area contributed by atoms with Gasteiger partial charge in [-0.15, -0.1) is 4.40 Å². The van der Waals surface area contributed by atoms with Crippen molar-refractivity contribution < 1.29 is 22.7 Å². The van der Waals surface area contributed by atoms with Crippen LogP contribution in [0.5, 0.6) is 0 Å². The molecule has 13 heteroatoms. The number of sulfonamides is 1. The second-order valence-electron chi connectivity index (χ2n) is 8.99. The molecular formula is C24H23ClFN5O5S. The number of rotatable bonds is 5. The standard InChI is InChI=1S/C24H23ClFN5O5S/c25-14-1-5-16(6-2-14)37(35,36)28-24(27)30-9-7-29(8-10-30)21-12-20-17(11-19(21)26)22(32)18(23(33)34)13-31(20)15-3-4-15/h1-2,5-6,11-13,15H,3-4,7-10H2,(H2,27,28)(H,33,34). The third-order valence-electron chi connectivity index (χ3n) is 6.54. The van der Waals surface area contributed by atoms with Crippen molar-refractivity contribution in [3.8, 4) is 0 Å². The van der Waals surface area contributed by atoms with Crippen LogP contribution in [0.3, 0.4) is 0 Å². The molecule has 2 heterocycles. The number of fused-ring (bicyclic) bond motifs is 1. The number of carboxylic acids is 1. The Labute approximate surface area is 216 Å². The van der Waals surface area contributed by atoms with Gasteiger partial charge in [0.25, 0.3) is 10.0 Å². The molecule has 5 rings (SSSR count). The lowest BCUT2D eigenvalue weighted by Gasteiger charge is -2.36. The smallest absolute Gasteiger partial charge is 0.341 e. The van der Waals surface area contributed by atoms with Crippen LogP contribution in [0.15, 0.2) is 56.7 Å². The van der Waals surface area contributed by atoms with Gasteiger partial charge in [-0.1, -0.05) is 11.6 Å². The third-order valence-corrected chi connectivity index (χ3v) is 8.09. The van der Waals surface area contributed by atoms with Crippen molar-refractivity contribution >= 4 is 50.1 Å². The zero-order valence-corrected chi connectivity index (χ0v) is 21.0. The summed E-state index contributed by atoms with van der Waals surface area (Å²) in [6.45, 7) is 1.22. The van der Waals surface area contributed by atoms with Crippen molar-refractivity contribution in [2.24, 2.45) is 10.1 Å². The average Bonchev–Trinajstić information content (AvgIpc) is 3.69. The Morgan fingerprint density at radius 1 is 1.11 bits per heavy atom. The Morgan fingerprint density at radius 2 is 1.76 bits per heavy atom. The largest absolute Gasteiger partial charge is 0.477 e. The van der Waals surface area contributed by atoms with E-state index in [-0.39, 0.29) is 46.6 Å². The molecule has 0 bridgehead atoms. The molecular weight excluding hydrogens is 525 g/mol. The van der Waals surface area contributed by atoms with E-state index in [1.54, 1.807) is 20.4 Å². The summed E-state index contributed by atoms with van der Waals surface area (Å²) in [6, 6.07) is 8.32. The molecule has 1 aliphatic heterocycles. The van der Waals surface area contributed by atoms with Gasteiger partial charge < -0.3 is 25.2 Å². The van der Waals surface area contributed by atoms with Gasteiger partial charge in [0, 0.05) is 48.8 Å². The van der Waals surface area contributed by atoms with Crippen molar-refractivity contribution in [3.63, 3.8) is 0 Å². The Hall–Kier alpha value is -3.64. The van der Waals surface area contributed by atoms with Crippen molar-refractivity contribution in [1.29, 1.82) is 0 Å². The van der Waals surface area contributed by atoms with E-state index >= 15 is 4.39 Å². The normalized spacial score (nSPS) is 16.9. The molecule has 0 atom stereocenters. The minimum absolute atomic E-state index is 0.0236. The van der Waals surface area contributed by atoms with Gasteiger partial charge in [0.15, 0.2) is 0 Å². The number of halogens is 2. The van der Waals surface area contributed by atoms with Crippen LogP contribution in [-0.4, -0.2) is 61.1 Å². The number of guanidine groups is 1. The number of carbonyl (C=O) groups is 1. The first-order valence-electron chi connectivity index (χ1n) is 11.5. The Balaban J connectivity index is 1.39. The highest BCUT2D eigenvalue weighted by molar-refractivity contribution is 7.90. The fraction of sp³-hybridized carbons (Fsp3) is 0.292. The maximum atomic E-state index is 15.2. The van der Waals surface area contributed by atoms with E-state index in [9.17, 15) is 23.1 Å². The summed E-state index contributed by atoms with van der Waals surface area (Å²) in [6.07, 6.45) is 3.03. The number of pyridine rings is 1. The first-order valence-corrected chi connectivity index (χ1v) is 13.3. The molecule has 0 radical (unpaired) electrons. The van der Waals surface area contributed by atoms with Crippen LogP contribution in [0.2, 0.25) is 5.02 Å². The molecule has 194 valence electrons. The second-order valence-corrected chi connectivity index (χ2v) is 11.0. The van der Waals surface area contributed by atoms with E-state index in [1.807, 2.05) is 0 Å². The number of nitrogens with two attached hydrogens (primary N) is 1. The Morgan fingerprint density at radius 3 is 2.35 bits per heavy atom. The summed E-state index contributed by atoms with van der Waals surface area (Å²) < 4.78 is 45.8. The molecule has 0 amide bonds. The molecule has 0 unspecified atom stereocenters. The molecule has 2 aromatic carbocycles. The predicted molar refractivity (Wildman–Crippen MR) is 137 cm³/mol. The van der Waals surface area contributed by atoms with E-state index in [0.717, 1.165) is 18.9 Å². The number of aromatic carboxylic acids is 1. The summed E-state index contributed by atoms with van der Waals surface area (Å²) in [5.41, 5.74) is 5.64. The van der Waals surface area contributed by atoms with Gasteiger partial charge in [-0.3, -0.25) is 4.79 Å². The first-order chi connectivity index (χ1) is 17.5. The number of anilines is 1. The maximum Gasteiger partial charge on any atom is 0.341 e. The summed E-state index contributed by atoms with van der Waals surface area (Å²) in [5, 5.41) is 9.83. The molecule has 10 nitrogen and oxygen atoms in total. The van der Waals surface area contributed by atoms with Gasteiger partial charge in [0.2, 0.25) is 11.4 Å². The maximum absolute atomic E-state index is 15.2. The molecule has 1 aromatic heterocycles. The summed E-state index contributed by atoms with van der Waals surface area (Å²) in [5.74, 6) is -2.16. The minimum atomic E-state index is -4.03. The first kappa shape index (κ1) is 25.0. The van der Waals surface area contributed by atoms with Crippen LogP contribution in [0.25, 0.3) is 10.9 Å². The van der Waals surface area contributed by atoms with Crippen LogP contribution < -0.4 is 16.1 Å². The van der Waals surface area contributed by atoms with Crippen LogP contribution in [-0.2, 0) is 10.0 Å². The summed E-state index contributed by atoms with van der Waals surface area (Å²) in [4.78, 5) is 27.6. The van der Waals surface area contributed by atoms with Gasteiger partial charge in [0.05, 0.1) is 16.1 Å². The zero-order valence-electron chi connectivity index (χ0n) is 19.5. The van der Waals surface area contributed by atoms with Crippen LogP contribution in [0.4, 0.5) is 10.1 Å². The Bertz CT molecular complexity index is 1590. The SMILES string of the molecule is N/C(=N\S(=O)(=O)c1ccc(Cl)cc1)N1CCN(c2cc3c(cc2F)c(=O)c(C(=O)O)cn3C2CC2)CC1. The van der Waals surface area contributed by atoms with E-state index in [2.05, 4.69) is 4.40 Å².